The summed E-state index contributed by atoms with van der Waals surface area (Å²) < 4.78 is 9.34. The van der Waals surface area contributed by atoms with Gasteiger partial charge in [-0.05, 0) is 20.8 Å². The van der Waals surface area contributed by atoms with Gasteiger partial charge in [0.25, 0.3) is 0 Å². The molecule has 0 saturated heterocycles. The molecule has 0 aliphatic heterocycles. The van der Waals surface area contributed by atoms with E-state index in [1.54, 1.807) is 20.8 Å². The molecule has 17 heavy (non-hydrogen) atoms. The van der Waals surface area contributed by atoms with Crippen molar-refractivity contribution in [1.29, 1.82) is 0 Å². The van der Waals surface area contributed by atoms with Crippen LogP contribution in [0.2, 0.25) is 0 Å². The molecule has 0 bridgehead atoms. The van der Waals surface area contributed by atoms with Crippen LogP contribution in [0.1, 0.15) is 34.1 Å². The topological polar surface area (TPSA) is 81.7 Å². The third-order valence-electron chi connectivity index (χ3n) is 1.45. The Morgan fingerprint density at radius 3 is 2.18 bits per heavy atom. The first kappa shape index (κ1) is 15.6. The molecule has 0 spiro atoms. The molecule has 6 heteroatoms. The number of ether oxygens (including phenoxy) is 2. The normalized spacial score (nSPS) is 10.8. The van der Waals surface area contributed by atoms with Gasteiger partial charge in [0.15, 0.2) is 0 Å². The molecule has 0 aromatic carbocycles. The monoisotopic (exact) mass is 245 g/mol. The zero-order chi connectivity index (χ0) is 13.5. The van der Waals surface area contributed by atoms with Gasteiger partial charge in [-0.1, -0.05) is 0 Å². The van der Waals surface area contributed by atoms with Crippen LogP contribution in [-0.2, 0) is 23.9 Å². The first-order valence-electron chi connectivity index (χ1n) is 5.34. The van der Waals surface area contributed by atoms with Crippen molar-refractivity contribution >= 4 is 17.9 Å². The van der Waals surface area contributed by atoms with E-state index in [9.17, 15) is 14.4 Å². The van der Waals surface area contributed by atoms with Crippen molar-refractivity contribution in [2.75, 3.05) is 13.1 Å². The zero-order valence-corrected chi connectivity index (χ0v) is 10.7. The Hall–Kier alpha value is -1.43. The minimum atomic E-state index is -0.665. The quantitative estimate of drug-likeness (QED) is 0.429. The lowest BCUT2D eigenvalue weighted by atomic mass is 10.2. The summed E-state index contributed by atoms with van der Waals surface area (Å²) in [5.41, 5.74) is -0.509. The van der Waals surface area contributed by atoms with E-state index in [1.165, 1.54) is 0 Å². The van der Waals surface area contributed by atoms with Gasteiger partial charge in [-0.15, -0.1) is 0 Å². The molecule has 98 valence electrons. The minimum Gasteiger partial charge on any atom is -0.460 e. The van der Waals surface area contributed by atoms with Crippen LogP contribution in [0.5, 0.6) is 0 Å². The van der Waals surface area contributed by atoms with Gasteiger partial charge < -0.3 is 14.8 Å². The van der Waals surface area contributed by atoms with Crippen LogP contribution in [0.25, 0.3) is 0 Å². The number of carbonyl (C=O) groups excluding carboxylic acids is 3. The van der Waals surface area contributed by atoms with E-state index in [0.29, 0.717) is 6.54 Å². The molecule has 0 amide bonds. The van der Waals surface area contributed by atoms with E-state index in [0.717, 1.165) is 6.92 Å². The standard InChI is InChI=1S/C11H19NO5/c1-8(13)16-10(15)7-12-6-5-9(14)17-11(2,3)4/h12H,5-7H2,1-4H3. The third kappa shape index (κ3) is 10.8. The van der Waals surface area contributed by atoms with Crippen LogP contribution in [0.4, 0.5) is 0 Å². The molecule has 0 rings (SSSR count). The highest BCUT2D eigenvalue weighted by Crippen LogP contribution is 2.07. The Labute approximate surface area is 101 Å². The first-order valence-corrected chi connectivity index (χ1v) is 5.34. The summed E-state index contributed by atoms with van der Waals surface area (Å²) in [6, 6.07) is 0. The van der Waals surface area contributed by atoms with Crippen LogP contribution in [0.3, 0.4) is 0 Å². The van der Waals surface area contributed by atoms with Crippen LogP contribution in [0, 0.1) is 0 Å². The first-order chi connectivity index (χ1) is 7.70. The van der Waals surface area contributed by atoms with Crippen molar-refractivity contribution in [2.45, 2.75) is 39.7 Å². The maximum absolute atomic E-state index is 11.2. The van der Waals surface area contributed by atoms with Crippen LogP contribution in [-0.4, -0.2) is 36.6 Å². The number of hydrogen-bond donors (Lipinski definition) is 1. The molecule has 0 aromatic rings. The Kier molecular flexibility index (Phi) is 6.42. The second-order valence-corrected chi connectivity index (χ2v) is 4.48. The summed E-state index contributed by atoms with van der Waals surface area (Å²) in [6.07, 6.45) is 0.157. The Morgan fingerprint density at radius 2 is 1.71 bits per heavy atom. The van der Waals surface area contributed by atoms with Gasteiger partial charge in [0.2, 0.25) is 0 Å². The fraction of sp³-hybridized carbons (Fsp3) is 0.727. The lowest BCUT2D eigenvalue weighted by Gasteiger charge is -2.19. The highest BCUT2D eigenvalue weighted by Gasteiger charge is 2.15. The lowest BCUT2D eigenvalue weighted by molar-refractivity contribution is -0.158. The van der Waals surface area contributed by atoms with Gasteiger partial charge in [-0.2, -0.15) is 0 Å². The van der Waals surface area contributed by atoms with Crippen LogP contribution >= 0.6 is 0 Å². The average Bonchev–Trinajstić information content (AvgIpc) is 2.08. The molecule has 0 radical (unpaired) electrons. The van der Waals surface area contributed by atoms with Gasteiger partial charge in [0, 0.05) is 13.5 Å². The van der Waals surface area contributed by atoms with Crippen molar-refractivity contribution in [3.8, 4) is 0 Å². The maximum Gasteiger partial charge on any atom is 0.327 e. The highest BCUT2D eigenvalue weighted by molar-refractivity contribution is 5.85. The summed E-state index contributed by atoms with van der Waals surface area (Å²) in [6.45, 7) is 6.68. The molecular weight excluding hydrogens is 226 g/mol. The van der Waals surface area contributed by atoms with Crippen molar-refractivity contribution in [3.63, 3.8) is 0 Å². The number of nitrogens with one attached hydrogen (secondary N) is 1. The molecule has 0 saturated carbocycles. The smallest absolute Gasteiger partial charge is 0.327 e. The van der Waals surface area contributed by atoms with Crippen molar-refractivity contribution in [2.24, 2.45) is 0 Å². The fourth-order valence-corrected chi connectivity index (χ4v) is 0.970. The van der Waals surface area contributed by atoms with Gasteiger partial charge in [0.05, 0.1) is 13.0 Å². The highest BCUT2D eigenvalue weighted by atomic mass is 16.6. The van der Waals surface area contributed by atoms with E-state index < -0.39 is 17.5 Å². The van der Waals surface area contributed by atoms with Gasteiger partial charge >= 0.3 is 17.9 Å². The molecule has 6 nitrogen and oxygen atoms in total. The van der Waals surface area contributed by atoms with Crippen LogP contribution < -0.4 is 5.32 Å². The number of carbonyl (C=O) groups is 3. The molecule has 1 N–H and O–H groups in total. The van der Waals surface area contributed by atoms with E-state index in [4.69, 9.17) is 4.74 Å². The van der Waals surface area contributed by atoms with Gasteiger partial charge in [-0.25, -0.2) is 0 Å². The van der Waals surface area contributed by atoms with Crippen molar-refractivity contribution in [3.05, 3.63) is 0 Å². The van der Waals surface area contributed by atoms with Crippen LogP contribution in [0.15, 0.2) is 0 Å². The average molecular weight is 245 g/mol. The van der Waals surface area contributed by atoms with Crippen molar-refractivity contribution in [1.82, 2.24) is 5.32 Å². The minimum absolute atomic E-state index is 0.109. The molecular formula is C11H19NO5. The van der Waals surface area contributed by atoms with Gasteiger partial charge in [-0.3, -0.25) is 14.4 Å². The molecule has 0 atom stereocenters. The van der Waals surface area contributed by atoms with E-state index in [1.807, 2.05) is 0 Å². The molecule has 0 aromatic heterocycles. The molecule has 0 unspecified atom stereocenters. The summed E-state index contributed by atoms with van der Waals surface area (Å²) in [5.74, 6) is -1.66. The van der Waals surface area contributed by atoms with Gasteiger partial charge in [0.1, 0.15) is 5.60 Å². The van der Waals surface area contributed by atoms with Crippen molar-refractivity contribution < 1.29 is 23.9 Å². The zero-order valence-electron chi connectivity index (χ0n) is 10.7. The summed E-state index contributed by atoms with van der Waals surface area (Å²) in [4.78, 5) is 32.6. The summed E-state index contributed by atoms with van der Waals surface area (Å²) in [5, 5.41) is 2.68. The molecule has 0 heterocycles. The molecule has 0 aliphatic rings. The number of rotatable bonds is 5. The second kappa shape index (κ2) is 7.01. The second-order valence-electron chi connectivity index (χ2n) is 4.48. The SMILES string of the molecule is CC(=O)OC(=O)CNCCC(=O)OC(C)(C)C. The number of hydrogen-bond acceptors (Lipinski definition) is 6. The van der Waals surface area contributed by atoms with E-state index >= 15 is 0 Å². The molecule has 0 aliphatic carbocycles. The van der Waals surface area contributed by atoms with E-state index in [-0.39, 0.29) is 18.9 Å². The molecule has 0 fully saturated rings. The number of esters is 3. The fourth-order valence-electron chi connectivity index (χ4n) is 0.970. The largest absolute Gasteiger partial charge is 0.460 e. The van der Waals surface area contributed by atoms with E-state index in [2.05, 4.69) is 10.1 Å². The lowest BCUT2D eigenvalue weighted by Crippen LogP contribution is -2.30. The predicted octanol–water partition coefficient (Wildman–Crippen LogP) is 0.397. The summed E-state index contributed by atoms with van der Waals surface area (Å²) >= 11 is 0. The Bertz CT molecular complexity index is 293. The Morgan fingerprint density at radius 1 is 1.12 bits per heavy atom. The maximum atomic E-state index is 11.2. The summed E-state index contributed by atoms with van der Waals surface area (Å²) in [7, 11) is 0. The third-order valence-corrected chi connectivity index (χ3v) is 1.45. The predicted molar refractivity (Wildman–Crippen MR) is 60.1 cm³/mol. The Balaban J connectivity index is 3.61.